The summed E-state index contributed by atoms with van der Waals surface area (Å²) in [6.07, 6.45) is 5.53. The Morgan fingerprint density at radius 2 is 1.84 bits per heavy atom. The standard InChI is InChI=1S/C26H35FN4O6S/c1-17-23(28-16-29-24(17)35-22-9-8-20(14-21(22)27)38(5,33)34)31(19-6-7-19)15-18-10-12-30(13-11-18)37-25(32)36-26(2,3)4/h8-9,14,16,18-19H,6-7,10-13,15H2,1-5H3. The predicted molar refractivity (Wildman–Crippen MR) is 138 cm³/mol. The smallest absolute Gasteiger partial charge is 0.435 e. The van der Waals surface area contributed by atoms with Crippen molar-refractivity contribution in [1.29, 1.82) is 0 Å². The highest BCUT2D eigenvalue weighted by atomic mass is 32.2. The van der Waals surface area contributed by atoms with Gasteiger partial charge < -0.3 is 19.2 Å². The van der Waals surface area contributed by atoms with Gasteiger partial charge in [-0.15, -0.1) is 5.06 Å². The predicted octanol–water partition coefficient (Wildman–Crippen LogP) is 4.67. The van der Waals surface area contributed by atoms with E-state index in [0.717, 1.165) is 50.4 Å². The first-order valence-corrected chi connectivity index (χ1v) is 14.6. The first-order chi connectivity index (χ1) is 17.8. The van der Waals surface area contributed by atoms with Crippen molar-refractivity contribution in [2.75, 3.05) is 30.8 Å². The van der Waals surface area contributed by atoms with Gasteiger partial charge in [0.1, 0.15) is 17.7 Å². The minimum absolute atomic E-state index is 0.111. The molecule has 2 fully saturated rings. The van der Waals surface area contributed by atoms with Crippen LogP contribution in [0.25, 0.3) is 0 Å². The van der Waals surface area contributed by atoms with Gasteiger partial charge in [0.2, 0.25) is 5.88 Å². The van der Waals surface area contributed by atoms with Gasteiger partial charge in [-0.2, -0.15) is 0 Å². The van der Waals surface area contributed by atoms with E-state index >= 15 is 0 Å². The molecule has 2 aromatic rings. The van der Waals surface area contributed by atoms with E-state index in [1.165, 1.54) is 18.5 Å². The van der Waals surface area contributed by atoms with Crippen molar-refractivity contribution in [3.05, 3.63) is 35.9 Å². The normalized spacial score (nSPS) is 17.2. The molecule has 1 saturated heterocycles. The summed E-state index contributed by atoms with van der Waals surface area (Å²) in [6.45, 7) is 9.22. The third-order valence-corrected chi connectivity index (χ3v) is 7.54. The van der Waals surface area contributed by atoms with Crippen LogP contribution in [0.5, 0.6) is 11.6 Å². The number of ether oxygens (including phenoxy) is 2. The lowest BCUT2D eigenvalue weighted by Crippen LogP contribution is -2.41. The Morgan fingerprint density at radius 3 is 2.42 bits per heavy atom. The zero-order chi connectivity index (χ0) is 27.7. The fraction of sp³-hybridized carbons (Fsp3) is 0.577. The molecule has 0 unspecified atom stereocenters. The summed E-state index contributed by atoms with van der Waals surface area (Å²) in [7, 11) is -3.54. The highest BCUT2D eigenvalue weighted by Gasteiger charge is 2.35. The molecule has 0 bridgehead atoms. The van der Waals surface area contributed by atoms with Crippen molar-refractivity contribution in [2.24, 2.45) is 5.92 Å². The molecule has 4 rings (SSSR count). The number of nitrogens with zero attached hydrogens (tertiary/aromatic N) is 4. The fourth-order valence-electron chi connectivity index (χ4n) is 4.35. The van der Waals surface area contributed by atoms with Crippen LogP contribution < -0.4 is 9.64 Å². The lowest BCUT2D eigenvalue weighted by Gasteiger charge is -2.35. The number of hydrogen-bond donors (Lipinski definition) is 0. The number of piperidine rings is 1. The van der Waals surface area contributed by atoms with Crippen LogP contribution in [-0.2, 0) is 19.4 Å². The molecule has 0 radical (unpaired) electrons. The molecular weight excluding hydrogens is 515 g/mol. The molecule has 1 aromatic heterocycles. The van der Waals surface area contributed by atoms with Gasteiger partial charge in [-0.1, -0.05) is 0 Å². The van der Waals surface area contributed by atoms with E-state index in [9.17, 15) is 17.6 Å². The fourth-order valence-corrected chi connectivity index (χ4v) is 4.98. The van der Waals surface area contributed by atoms with Gasteiger partial charge in [0.25, 0.3) is 0 Å². The van der Waals surface area contributed by atoms with Crippen molar-refractivity contribution >= 4 is 21.8 Å². The van der Waals surface area contributed by atoms with Gasteiger partial charge in [-0.05, 0) is 77.5 Å². The lowest BCUT2D eigenvalue weighted by molar-refractivity contribution is -0.155. The quantitative estimate of drug-likeness (QED) is 0.430. The van der Waals surface area contributed by atoms with Crippen molar-refractivity contribution in [2.45, 2.75) is 69.9 Å². The van der Waals surface area contributed by atoms with E-state index in [1.54, 1.807) is 25.8 Å². The van der Waals surface area contributed by atoms with Gasteiger partial charge in [-0.3, -0.25) is 0 Å². The Hall–Kier alpha value is -2.99. The Balaban J connectivity index is 1.42. The maximum atomic E-state index is 14.6. The topological polar surface area (TPSA) is 111 Å². The van der Waals surface area contributed by atoms with Crippen LogP contribution >= 0.6 is 0 Å². The largest absolute Gasteiger partial charge is 0.528 e. The van der Waals surface area contributed by atoms with Crippen molar-refractivity contribution in [3.63, 3.8) is 0 Å². The number of hydroxylamine groups is 2. The summed E-state index contributed by atoms with van der Waals surface area (Å²) in [6, 6.07) is 3.90. The number of carbonyl (C=O) groups excluding carboxylic acids is 1. The zero-order valence-electron chi connectivity index (χ0n) is 22.4. The van der Waals surface area contributed by atoms with Crippen molar-refractivity contribution in [1.82, 2.24) is 15.0 Å². The number of benzene rings is 1. The molecule has 1 saturated carbocycles. The third-order valence-electron chi connectivity index (χ3n) is 6.43. The maximum Gasteiger partial charge on any atom is 0.528 e. The molecule has 2 heterocycles. The summed E-state index contributed by atoms with van der Waals surface area (Å²) in [5.41, 5.74) is 0.0699. The molecule has 0 N–H and O–H groups in total. The molecule has 0 atom stereocenters. The molecular formula is C26H35FN4O6S. The number of aromatic nitrogens is 2. The minimum Gasteiger partial charge on any atom is -0.435 e. The van der Waals surface area contributed by atoms with Gasteiger partial charge >= 0.3 is 6.16 Å². The van der Waals surface area contributed by atoms with Crippen LogP contribution in [0.4, 0.5) is 15.0 Å². The number of rotatable bonds is 8. The number of anilines is 1. The van der Waals surface area contributed by atoms with Gasteiger partial charge in [0.15, 0.2) is 21.4 Å². The lowest BCUT2D eigenvalue weighted by atomic mass is 9.97. The van der Waals surface area contributed by atoms with Crippen LogP contribution in [0.1, 0.15) is 52.0 Å². The molecule has 208 valence electrons. The highest BCUT2D eigenvalue weighted by molar-refractivity contribution is 7.90. The van der Waals surface area contributed by atoms with E-state index in [0.29, 0.717) is 30.6 Å². The van der Waals surface area contributed by atoms with E-state index in [4.69, 9.17) is 14.3 Å². The summed E-state index contributed by atoms with van der Waals surface area (Å²) >= 11 is 0. The Bertz CT molecular complexity index is 1270. The van der Waals surface area contributed by atoms with Crippen LogP contribution in [0, 0.1) is 18.7 Å². The molecule has 1 aromatic carbocycles. The second kappa shape index (κ2) is 11.0. The Labute approximate surface area is 223 Å². The van der Waals surface area contributed by atoms with Gasteiger partial charge in [0, 0.05) is 31.9 Å². The highest BCUT2D eigenvalue weighted by Crippen LogP contribution is 2.37. The average Bonchev–Trinajstić information content (AvgIpc) is 3.65. The number of sulfone groups is 1. The molecule has 38 heavy (non-hydrogen) atoms. The van der Waals surface area contributed by atoms with Crippen molar-refractivity contribution in [3.8, 4) is 11.6 Å². The first-order valence-electron chi connectivity index (χ1n) is 12.7. The number of carbonyl (C=O) groups is 1. The summed E-state index contributed by atoms with van der Waals surface area (Å²) in [4.78, 5) is 28.2. The number of hydrogen-bond acceptors (Lipinski definition) is 10. The van der Waals surface area contributed by atoms with E-state index in [2.05, 4.69) is 14.9 Å². The van der Waals surface area contributed by atoms with Gasteiger partial charge in [0.05, 0.1) is 10.5 Å². The summed E-state index contributed by atoms with van der Waals surface area (Å²) in [5, 5.41) is 1.65. The first kappa shape index (κ1) is 28.0. The third kappa shape index (κ3) is 7.31. The SMILES string of the molecule is Cc1c(Oc2ccc(S(C)(=O)=O)cc2F)ncnc1N(CC1CCN(OC(=O)OC(C)(C)C)CC1)C1CC1. The molecule has 0 spiro atoms. The second-order valence-electron chi connectivity index (χ2n) is 10.9. The van der Waals surface area contributed by atoms with E-state index < -0.39 is 27.4 Å². The van der Waals surface area contributed by atoms with Gasteiger partial charge in [-0.25, -0.2) is 27.6 Å². The van der Waals surface area contributed by atoms with Crippen LogP contribution in [0.15, 0.2) is 29.4 Å². The Morgan fingerprint density at radius 1 is 1.16 bits per heavy atom. The van der Waals surface area contributed by atoms with Crippen LogP contribution in [0.2, 0.25) is 0 Å². The summed E-state index contributed by atoms with van der Waals surface area (Å²) < 4.78 is 49.0. The molecule has 0 amide bonds. The molecule has 1 aliphatic heterocycles. The van der Waals surface area contributed by atoms with Crippen LogP contribution in [-0.4, -0.2) is 67.1 Å². The maximum absolute atomic E-state index is 14.6. The molecule has 12 heteroatoms. The Kier molecular flexibility index (Phi) is 8.12. The molecule has 2 aliphatic rings. The number of halogens is 1. The van der Waals surface area contributed by atoms with Crippen molar-refractivity contribution < 1.29 is 31.9 Å². The minimum atomic E-state index is -3.54. The zero-order valence-corrected chi connectivity index (χ0v) is 23.3. The van der Waals surface area contributed by atoms with Crippen LogP contribution in [0.3, 0.4) is 0 Å². The van der Waals surface area contributed by atoms with E-state index in [-0.39, 0.29) is 16.5 Å². The molecule has 1 aliphatic carbocycles. The average molecular weight is 551 g/mol. The van der Waals surface area contributed by atoms with E-state index in [1.807, 2.05) is 6.92 Å². The molecule has 10 nitrogen and oxygen atoms in total. The summed E-state index contributed by atoms with van der Waals surface area (Å²) in [5.74, 6) is 0.423. The monoisotopic (exact) mass is 550 g/mol. The second-order valence-corrected chi connectivity index (χ2v) is 12.9.